The number of rotatable bonds is 4. The Morgan fingerprint density at radius 1 is 1.33 bits per heavy atom. The van der Waals surface area contributed by atoms with E-state index in [0.29, 0.717) is 22.7 Å². The van der Waals surface area contributed by atoms with Crippen LogP contribution in [0.3, 0.4) is 0 Å². The second-order valence-corrected chi connectivity index (χ2v) is 6.48. The van der Waals surface area contributed by atoms with Crippen LogP contribution in [-0.2, 0) is 6.42 Å². The Kier molecular flexibility index (Phi) is 4.53. The fourth-order valence-corrected chi connectivity index (χ4v) is 3.01. The fraction of sp³-hybridized carbons (Fsp3) is 0.278. The number of nitrogens with zero attached hydrogens (tertiary/aromatic N) is 3. The number of hydrogen-bond donors (Lipinski definition) is 1. The zero-order valence-corrected chi connectivity index (χ0v) is 14.6. The van der Waals surface area contributed by atoms with Crippen LogP contribution in [0.5, 0.6) is 0 Å². The molecule has 0 unspecified atom stereocenters. The first-order chi connectivity index (χ1) is 11.4. The molecule has 0 bridgehead atoms. The van der Waals surface area contributed by atoms with Crippen molar-refractivity contribution in [2.24, 2.45) is 0 Å². The van der Waals surface area contributed by atoms with Gasteiger partial charge in [0, 0.05) is 22.5 Å². The maximum absolute atomic E-state index is 12.6. The summed E-state index contributed by atoms with van der Waals surface area (Å²) in [6.45, 7) is 5.82. The van der Waals surface area contributed by atoms with Crippen molar-refractivity contribution >= 4 is 23.2 Å². The van der Waals surface area contributed by atoms with Crippen LogP contribution in [-0.4, -0.2) is 26.5 Å². The Bertz CT molecular complexity index is 903. The van der Waals surface area contributed by atoms with Gasteiger partial charge >= 0.3 is 0 Å². The monoisotopic (exact) mass is 342 g/mol. The third-order valence-corrected chi connectivity index (χ3v) is 4.07. The van der Waals surface area contributed by atoms with Gasteiger partial charge in [-0.3, -0.25) is 4.79 Å². The molecule has 1 atom stereocenters. The number of carbonyl (C=O) groups is 1. The molecule has 0 spiro atoms. The Balaban J connectivity index is 1.77. The second kappa shape index (κ2) is 6.61. The van der Waals surface area contributed by atoms with Gasteiger partial charge in [0.15, 0.2) is 5.65 Å². The minimum Gasteiger partial charge on any atom is -0.349 e. The molecule has 124 valence electrons. The number of carbonyl (C=O) groups excluding carboxylic acids is 1. The lowest BCUT2D eigenvalue weighted by atomic mass is 10.1. The SMILES string of the molecule is Cc1cc(C)n2ncc(C(=O)N[C@@H](C)Cc3cccc(Cl)c3)c2n1. The smallest absolute Gasteiger partial charge is 0.256 e. The number of aromatic nitrogens is 3. The average molecular weight is 343 g/mol. The molecule has 2 heterocycles. The first-order valence-electron chi connectivity index (χ1n) is 7.81. The number of nitrogens with one attached hydrogen (secondary N) is 1. The molecule has 1 N–H and O–H groups in total. The summed E-state index contributed by atoms with van der Waals surface area (Å²) in [5.74, 6) is -0.169. The van der Waals surface area contributed by atoms with Crippen LogP contribution < -0.4 is 5.32 Å². The molecular formula is C18H19ClN4O. The highest BCUT2D eigenvalue weighted by molar-refractivity contribution is 6.30. The van der Waals surface area contributed by atoms with Gasteiger partial charge in [-0.15, -0.1) is 0 Å². The van der Waals surface area contributed by atoms with Crippen LogP contribution in [0.4, 0.5) is 0 Å². The van der Waals surface area contributed by atoms with Crippen molar-refractivity contribution in [2.75, 3.05) is 0 Å². The van der Waals surface area contributed by atoms with E-state index in [0.717, 1.165) is 17.0 Å². The van der Waals surface area contributed by atoms with E-state index in [1.165, 1.54) is 0 Å². The number of halogens is 1. The van der Waals surface area contributed by atoms with E-state index in [2.05, 4.69) is 15.4 Å². The van der Waals surface area contributed by atoms with E-state index < -0.39 is 0 Å². The first-order valence-corrected chi connectivity index (χ1v) is 8.19. The van der Waals surface area contributed by atoms with Crippen molar-refractivity contribution in [1.82, 2.24) is 19.9 Å². The van der Waals surface area contributed by atoms with Crippen molar-refractivity contribution < 1.29 is 4.79 Å². The normalized spacial score (nSPS) is 12.3. The number of benzene rings is 1. The molecule has 0 aliphatic carbocycles. The van der Waals surface area contributed by atoms with Crippen LogP contribution in [0.1, 0.15) is 34.2 Å². The highest BCUT2D eigenvalue weighted by atomic mass is 35.5. The molecule has 3 aromatic rings. The Hall–Kier alpha value is -2.40. The molecule has 6 heteroatoms. The second-order valence-electron chi connectivity index (χ2n) is 6.04. The highest BCUT2D eigenvalue weighted by Crippen LogP contribution is 2.14. The average Bonchev–Trinajstić information content (AvgIpc) is 2.91. The first kappa shape index (κ1) is 16.5. The lowest BCUT2D eigenvalue weighted by molar-refractivity contribution is 0.0941. The zero-order chi connectivity index (χ0) is 17.3. The summed E-state index contributed by atoms with van der Waals surface area (Å²) in [7, 11) is 0. The van der Waals surface area contributed by atoms with E-state index in [1.807, 2.05) is 51.1 Å². The van der Waals surface area contributed by atoms with E-state index >= 15 is 0 Å². The molecule has 0 fully saturated rings. The molecule has 2 aromatic heterocycles. The van der Waals surface area contributed by atoms with Gasteiger partial charge in [-0.05, 0) is 51.0 Å². The molecule has 3 rings (SSSR count). The molecule has 0 aliphatic rings. The van der Waals surface area contributed by atoms with Crippen LogP contribution in [0.15, 0.2) is 36.5 Å². The lowest BCUT2D eigenvalue weighted by Gasteiger charge is -2.13. The number of fused-ring (bicyclic) bond motifs is 1. The van der Waals surface area contributed by atoms with Gasteiger partial charge in [0.2, 0.25) is 0 Å². The van der Waals surface area contributed by atoms with Gasteiger partial charge in [-0.25, -0.2) is 9.50 Å². The standard InChI is InChI=1S/C18H19ClN4O/c1-11-7-13(3)23-17(21-11)16(10-20-23)18(24)22-12(2)8-14-5-4-6-15(19)9-14/h4-7,9-10,12H,8H2,1-3H3,(H,22,24)/t12-/m0/s1. The summed E-state index contributed by atoms with van der Waals surface area (Å²) < 4.78 is 1.68. The number of aryl methyl sites for hydroxylation is 2. The van der Waals surface area contributed by atoms with Crippen LogP contribution in [0, 0.1) is 13.8 Å². The summed E-state index contributed by atoms with van der Waals surface area (Å²) in [6.07, 6.45) is 2.27. The van der Waals surface area contributed by atoms with Crippen LogP contribution in [0.2, 0.25) is 5.02 Å². The molecule has 0 aliphatic heterocycles. The van der Waals surface area contributed by atoms with Crippen LogP contribution in [0.25, 0.3) is 5.65 Å². The van der Waals surface area contributed by atoms with Crippen molar-refractivity contribution in [1.29, 1.82) is 0 Å². The largest absolute Gasteiger partial charge is 0.349 e. The molecule has 5 nitrogen and oxygen atoms in total. The van der Waals surface area contributed by atoms with E-state index in [4.69, 9.17) is 11.6 Å². The van der Waals surface area contributed by atoms with Gasteiger partial charge in [-0.2, -0.15) is 5.10 Å². The van der Waals surface area contributed by atoms with E-state index in [-0.39, 0.29) is 11.9 Å². The van der Waals surface area contributed by atoms with Crippen molar-refractivity contribution in [3.05, 3.63) is 64.1 Å². The predicted molar refractivity (Wildman–Crippen MR) is 94.5 cm³/mol. The number of amides is 1. The van der Waals surface area contributed by atoms with Crippen molar-refractivity contribution in [3.63, 3.8) is 0 Å². The maximum Gasteiger partial charge on any atom is 0.256 e. The quantitative estimate of drug-likeness (QED) is 0.791. The molecule has 0 saturated carbocycles. The fourth-order valence-electron chi connectivity index (χ4n) is 2.80. The predicted octanol–water partition coefficient (Wildman–Crippen LogP) is 3.36. The Morgan fingerprint density at radius 2 is 2.12 bits per heavy atom. The highest BCUT2D eigenvalue weighted by Gasteiger charge is 2.17. The van der Waals surface area contributed by atoms with Gasteiger partial charge in [0.1, 0.15) is 5.56 Å². The van der Waals surface area contributed by atoms with E-state index in [9.17, 15) is 4.79 Å². The van der Waals surface area contributed by atoms with Gasteiger partial charge < -0.3 is 5.32 Å². The minimum absolute atomic E-state index is 0.0307. The molecular weight excluding hydrogens is 324 g/mol. The number of hydrogen-bond acceptors (Lipinski definition) is 3. The molecule has 0 saturated heterocycles. The summed E-state index contributed by atoms with van der Waals surface area (Å²) in [6, 6.07) is 9.56. The summed E-state index contributed by atoms with van der Waals surface area (Å²) in [5, 5.41) is 7.96. The molecule has 1 aromatic carbocycles. The Morgan fingerprint density at radius 3 is 2.88 bits per heavy atom. The van der Waals surface area contributed by atoms with Crippen LogP contribution >= 0.6 is 11.6 Å². The summed E-state index contributed by atoms with van der Waals surface area (Å²) in [5.41, 5.74) is 3.96. The summed E-state index contributed by atoms with van der Waals surface area (Å²) in [4.78, 5) is 17.0. The van der Waals surface area contributed by atoms with Crippen molar-refractivity contribution in [2.45, 2.75) is 33.2 Å². The third kappa shape index (κ3) is 3.41. The zero-order valence-electron chi connectivity index (χ0n) is 13.9. The van der Waals surface area contributed by atoms with E-state index in [1.54, 1.807) is 10.7 Å². The van der Waals surface area contributed by atoms with Crippen molar-refractivity contribution in [3.8, 4) is 0 Å². The molecule has 0 radical (unpaired) electrons. The van der Waals surface area contributed by atoms with Gasteiger partial charge in [-0.1, -0.05) is 23.7 Å². The maximum atomic E-state index is 12.6. The lowest BCUT2D eigenvalue weighted by Crippen LogP contribution is -2.34. The Labute approximate surface area is 145 Å². The minimum atomic E-state index is -0.169. The molecule has 1 amide bonds. The third-order valence-electron chi connectivity index (χ3n) is 3.83. The van der Waals surface area contributed by atoms with Gasteiger partial charge in [0.05, 0.1) is 6.20 Å². The summed E-state index contributed by atoms with van der Waals surface area (Å²) >= 11 is 6.00. The topological polar surface area (TPSA) is 59.3 Å². The van der Waals surface area contributed by atoms with Gasteiger partial charge in [0.25, 0.3) is 5.91 Å². The molecule has 24 heavy (non-hydrogen) atoms.